The van der Waals surface area contributed by atoms with Crippen LogP contribution >= 0.6 is 0 Å². The summed E-state index contributed by atoms with van der Waals surface area (Å²) in [6, 6.07) is 7.68. The molecular formula is C14H23N3OS. The summed E-state index contributed by atoms with van der Waals surface area (Å²) in [7, 11) is -0.940. The Hall–Kier alpha value is -1.36. The third-order valence-electron chi connectivity index (χ3n) is 3.11. The number of hydrogen-bond acceptors (Lipinski definition) is 2. The van der Waals surface area contributed by atoms with E-state index in [-0.39, 0.29) is 6.04 Å². The van der Waals surface area contributed by atoms with Crippen LogP contribution in [0.25, 0.3) is 0 Å². The molecule has 2 atom stereocenters. The molecule has 0 saturated heterocycles. The molecule has 0 aromatic heterocycles. The first-order chi connectivity index (χ1) is 8.99. The first-order valence-electron chi connectivity index (χ1n) is 6.51. The van der Waals surface area contributed by atoms with Crippen molar-refractivity contribution in [3.8, 4) is 0 Å². The van der Waals surface area contributed by atoms with Crippen LogP contribution in [0.4, 0.5) is 0 Å². The van der Waals surface area contributed by atoms with Gasteiger partial charge in [0, 0.05) is 35.0 Å². The maximum atomic E-state index is 11.3. The second kappa shape index (κ2) is 7.28. The quantitative estimate of drug-likeness (QED) is 0.664. The van der Waals surface area contributed by atoms with Gasteiger partial charge in [-0.15, -0.1) is 0 Å². The number of nitrogens with two attached hydrogens (primary N) is 1. The molecule has 0 spiro atoms. The highest BCUT2D eigenvalue weighted by Gasteiger charge is 2.08. The zero-order chi connectivity index (χ0) is 14.4. The predicted octanol–water partition coefficient (Wildman–Crippen LogP) is 2.14. The molecule has 2 N–H and O–H groups in total. The SMILES string of the molecule is CCN(CC)C(N)=NC(C)c1ccc(S(C)=O)cc1. The van der Waals surface area contributed by atoms with Crippen LogP contribution in [0.15, 0.2) is 34.2 Å². The highest BCUT2D eigenvalue weighted by molar-refractivity contribution is 7.84. The van der Waals surface area contributed by atoms with Gasteiger partial charge in [-0.2, -0.15) is 0 Å². The van der Waals surface area contributed by atoms with Gasteiger partial charge in [0.25, 0.3) is 0 Å². The van der Waals surface area contributed by atoms with Crippen LogP contribution in [-0.2, 0) is 10.8 Å². The molecule has 106 valence electrons. The van der Waals surface area contributed by atoms with Gasteiger partial charge in [0.15, 0.2) is 5.96 Å². The Morgan fingerprint density at radius 3 is 2.26 bits per heavy atom. The van der Waals surface area contributed by atoms with E-state index in [4.69, 9.17) is 5.73 Å². The van der Waals surface area contributed by atoms with Gasteiger partial charge >= 0.3 is 0 Å². The normalized spacial score (nSPS) is 15.1. The number of guanidine groups is 1. The monoisotopic (exact) mass is 281 g/mol. The van der Waals surface area contributed by atoms with Gasteiger partial charge in [0.2, 0.25) is 0 Å². The lowest BCUT2D eigenvalue weighted by molar-refractivity contribution is 0.455. The lowest BCUT2D eigenvalue weighted by Gasteiger charge is -2.21. The molecule has 0 aliphatic rings. The van der Waals surface area contributed by atoms with Crippen molar-refractivity contribution in [3.63, 3.8) is 0 Å². The molecule has 2 unspecified atom stereocenters. The molecule has 0 saturated carbocycles. The van der Waals surface area contributed by atoms with Crippen molar-refractivity contribution in [3.05, 3.63) is 29.8 Å². The third kappa shape index (κ3) is 4.35. The van der Waals surface area contributed by atoms with Crippen LogP contribution in [0.1, 0.15) is 32.4 Å². The molecule has 0 aliphatic carbocycles. The van der Waals surface area contributed by atoms with Crippen LogP contribution in [0.3, 0.4) is 0 Å². The summed E-state index contributed by atoms with van der Waals surface area (Å²) in [6.07, 6.45) is 1.68. The summed E-state index contributed by atoms with van der Waals surface area (Å²) in [4.78, 5) is 7.36. The average molecular weight is 281 g/mol. The van der Waals surface area contributed by atoms with Gasteiger partial charge in [0.05, 0.1) is 6.04 Å². The molecule has 0 bridgehead atoms. The van der Waals surface area contributed by atoms with E-state index >= 15 is 0 Å². The summed E-state index contributed by atoms with van der Waals surface area (Å²) in [5.74, 6) is 0.570. The van der Waals surface area contributed by atoms with Gasteiger partial charge in [-0.3, -0.25) is 4.21 Å². The first kappa shape index (κ1) is 15.7. The summed E-state index contributed by atoms with van der Waals surface area (Å²) in [6.45, 7) is 7.83. The minimum Gasteiger partial charge on any atom is -0.370 e. The highest BCUT2D eigenvalue weighted by Crippen LogP contribution is 2.18. The van der Waals surface area contributed by atoms with Crippen LogP contribution in [0.2, 0.25) is 0 Å². The summed E-state index contributed by atoms with van der Waals surface area (Å²) >= 11 is 0. The number of aliphatic imine (C=N–C) groups is 1. The molecule has 19 heavy (non-hydrogen) atoms. The van der Waals surface area contributed by atoms with Crippen molar-refractivity contribution in [1.82, 2.24) is 4.90 Å². The second-order valence-corrected chi connectivity index (χ2v) is 5.74. The summed E-state index contributed by atoms with van der Waals surface area (Å²) in [5.41, 5.74) is 7.06. The van der Waals surface area contributed by atoms with Crippen LogP contribution < -0.4 is 5.73 Å². The summed E-state index contributed by atoms with van der Waals surface area (Å²) in [5, 5.41) is 0. The van der Waals surface area contributed by atoms with Crippen molar-refractivity contribution in [1.29, 1.82) is 0 Å². The smallest absolute Gasteiger partial charge is 0.191 e. The topological polar surface area (TPSA) is 58.7 Å². The minimum atomic E-state index is -0.940. The predicted molar refractivity (Wildman–Crippen MR) is 81.7 cm³/mol. The molecule has 5 heteroatoms. The average Bonchev–Trinajstić information content (AvgIpc) is 2.40. The van der Waals surface area contributed by atoms with Crippen LogP contribution in [0, 0.1) is 0 Å². The van der Waals surface area contributed by atoms with Gasteiger partial charge in [0.1, 0.15) is 0 Å². The maximum absolute atomic E-state index is 11.3. The lowest BCUT2D eigenvalue weighted by Crippen LogP contribution is -2.37. The maximum Gasteiger partial charge on any atom is 0.191 e. The molecule has 0 aliphatic heterocycles. The molecular weight excluding hydrogens is 258 g/mol. The number of nitrogens with zero attached hydrogens (tertiary/aromatic N) is 2. The van der Waals surface area contributed by atoms with E-state index < -0.39 is 10.8 Å². The molecule has 0 amide bonds. The largest absolute Gasteiger partial charge is 0.370 e. The Labute approximate surface area is 118 Å². The van der Waals surface area contributed by atoms with E-state index in [0.717, 1.165) is 23.5 Å². The molecule has 0 radical (unpaired) electrons. The lowest BCUT2D eigenvalue weighted by atomic mass is 10.1. The Balaban J connectivity index is 2.85. The standard InChI is InChI=1S/C14H23N3OS/c1-5-17(6-2)14(15)16-11(3)12-7-9-13(10-8-12)19(4)18/h7-11H,5-6H2,1-4H3,(H2,15,16). The van der Waals surface area contributed by atoms with Crippen molar-refractivity contribution in [2.24, 2.45) is 10.7 Å². The van der Waals surface area contributed by atoms with Crippen molar-refractivity contribution >= 4 is 16.8 Å². The number of hydrogen-bond donors (Lipinski definition) is 1. The zero-order valence-corrected chi connectivity index (χ0v) is 12.9. The second-order valence-electron chi connectivity index (χ2n) is 4.36. The number of rotatable bonds is 5. The Morgan fingerprint density at radius 1 is 1.32 bits per heavy atom. The number of benzene rings is 1. The van der Waals surface area contributed by atoms with E-state index in [1.54, 1.807) is 6.26 Å². The fraction of sp³-hybridized carbons (Fsp3) is 0.500. The van der Waals surface area contributed by atoms with Crippen LogP contribution in [-0.4, -0.2) is 34.4 Å². The third-order valence-corrected chi connectivity index (χ3v) is 4.04. The van der Waals surface area contributed by atoms with Gasteiger partial charge in [-0.1, -0.05) is 12.1 Å². The fourth-order valence-electron chi connectivity index (χ4n) is 1.84. The molecule has 1 rings (SSSR count). The van der Waals surface area contributed by atoms with Crippen molar-refractivity contribution < 1.29 is 4.21 Å². The molecule has 1 aromatic carbocycles. The highest BCUT2D eigenvalue weighted by atomic mass is 32.2. The van der Waals surface area contributed by atoms with E-state index in [9.17, 15) is 4.21 Å². The van der Waals surface area contributed by atoms with E-state index in [0.29, 0.717) is 5.96 Å². The fourth-order valence-corrected chi connectivity index (χ4v) is 2.36. The first-order valence-corrected chi connectivity index (χ1v) is 8.07. The summed E-state index contributed by atoms with van der Waals surface area (Å²) < 4.78 is 11.3. The van der Waals surface area contributed by atoms with Crippen LogP contribution in [0.5, 0.6) is 0 Å². The van der Waals surface area contributed by atoms with E-state index in [1.807, 2.05) is 36.1 Å². The zero-order valence-electron chi connectivity index (χ0n) is 12.1. The molecule has 4 nitrogen and oxygen atoms in total. The Bertz CT molecular complexity index is 452. The van der Waals surface area contributed by atoms with Gasteiger partial charge < -0.3 is 10.6 Å². The molecule has 0 fully saturated rings. The molecule has 1 aromatic rings. The van der Waals surface area contributed by atoms with Gasteiger partial charge in [-0.25, -0.2) is 4.99 Å². The minimum absolute atomic E-state index is 0.0000542. The Morgan fingerprint density at radius 2 is 1.84 bits per heavy atom. The van der Waals surface area contributed by atoms with E-state index in [1.165, 1.54) is 0 Å². The van der Waals surface area contributed by atoms with Crippen molar-refractivity contribution in [2.75, 3.05) is 19.3 Å². The molecule has 0 heterocycles. The van der Waals surface area contributed by atoms with Crippen molar-refractivity contribution in [2.45, 2.75) is 31.7 Å². The van der Waals surface area contributed by atoms with Gasteiger partial charge in [-0.05, 0) is 38.5 Å². The Kier molecular flexibility index (Phi) is 6.02. The van der Waals surface area contributed by atoms with E-state index in [2.05, 4.69) is 18.8 Å².